The van der Waals surface area contributed by atoms with Gasteiger partial charge in [-0.25, -0.2) is 8.78 Å². The van der Waals surface area contributed by atoms with Crippen molar-refractivity contribution in [2.24, 2.45) is 5.92 Å². The molecule has 0 atom stereocenters. The van der Waals surface area contributed by atoms with Crippen LogP contribution in [0.4, 0.5) is 14.6 Å². The molecule has 1 aromatic heterocycles. The minimum absolute atomic E-state index is 0.0618. The van der Waals surface area contributed by atoms with Gasteiger partial charge in [-0.3, -0.25) is 4.79 Å². The molecule has 5 rings (SSSR count). The quantitative estimate of drug-likeness (QED) is 0.304. The number of halogens is 2. The van der Waals surface area contributed by atoms with Crippen LogP contribution in [-0.2, 0) is 11.4 Å². The Bertz CT molecular complexity index is 1420. The Balaban J connectivity index is 1.34. The Morgan fingerprint density at radius 3 is 2.67 bits per heavy atom. The number of fused-ring (bicyclic) bond motifs is 1. The lowest BCUT2D eigenvalue weighted by molar-refractivity contribution is -0.135. The van der Waals surface area contributed by atoms with E-state index < -0.39 is 17.6 Å². The number of anilines is 1. The lowest BCUT2D eigenvalue weighted by Crippen LogP contribution is -2.32. The molecule has 0 unspecified atom stereocenters. The summed E-state index contributed by atoms with van der Waals surface area (Å²) in [7, 11) is 1.43. The number of hydrogen-bond acceptors (Lipinski definition) is 6. The highest BCUT2D eigenvalue weighted by Gasteiger charge is 2.28. The van der Waals surface area contributed by atoms with Crippen LogP contribution in [0.1, 0.15) is 18.4 Å². The summed E-state index contributed by atoms with van der Waals surface area (Å²) in [6.45, 7) is 0.512. The molecule has 0 amide bonds. The van der Waals surface area contributed by atoms with E-state index in [1.807, 2.05) is 6.07 Å². The van der Waals surface area contributed by atoms with E-state index in [2.05, 4.69) is 5.16 Å². The maximum Gasteiger partial charge on any atom is 0.323 e. The number of rotatable bonds is 10. The Morgan fingerprint density at radius 2 is 1.94 bits per heavy atom. The first-order chi connectivity index (χ1) is 17.4. The zero-order valence-electron chi connectivity index (χ0n) is 19.5. The molecule has 0 aliphatic heterocycles. The van der Waals surface area contributed by atoms with Gasteiger partial charge in [0, 0.05) is 18.2 Å². The average Bonchev–Trinajstić information content (AvgIpc) is 3.58. The van der Waals surface area contributed by atoms with Crippen molar-refractivity contribution in [2.75, 3.05) is 25.1 Å². The third-order valence-electron chi connectivity index (χ3n) is 6.12. The number of aliphatic carboxylic acids is 1. The van der Waals surface area contributed by atoms with Gasteiger partial charge < -0.3 is 24.0 Å². The number of aromatic nitrogens is 1. The number of carboxylic acid groups (broad SMARTS) is 1. The molecule has 1 saturated carbocycles. The average molecular weight is 494 g/mol. The number of hydrogen-bond donors (Lipinski definition) is 1. The molecule has 0 radical (unpaired) electrons. The smallest absolute Gasteiger partial charge is 0.323 e. The van der Waals surface area contributed by atoms with Crippen molar-refractivity contribution in [3.63, 3.8) is 0 Å². The van der Waals surface area contributed by atoms with Crippen LogP contribution in [-0.4, -0.2) is 36.4 Å². The first kappa shape index (κ1) is 23.6. The monoisotopic (exact) mass is 494 g/mol. The molecule has 0 saturated heterocycles. The minimum Gasteiger partial charge on any atom is -0.496 e. The standard InChI is InChI=1S/C27H24F2N2O5/c1-34-25-12-19(28)6-7-20(25)18-5-9-24(22(29)11-18)35-15-17-4-8-23-21(10-17)27(30-36-23)31(14-26(32)33)13-16-2-3-16/h4-12,16H,2-3,13-15H2,1H3,(H,32,33). The molecule has 4 aromatic rings. The third-order valence-corrected chi connectivity index (χ3v) is 6.12. The summed E-state index contributed by atoms with van der Waals surface area (Å²) in [6.07, 6.45) is 2.15. The first-order valence-corrected chi connectivity index (χ1v) is 11.5. The molecule has 36 heavy (non-hydrogen) atoms. The molecular formula is C27H24F2N2O5. The summed E-state index contributed by atoms with van der Waals surface area (Å²) >= 11 is 0. The van der Waals surface area contributed by atoms with Crippen LogP contribution in [0.5, 0.6) is 11.5 Å². The Hall–Kier alpha value is -4.14. The molecule has 7 nitrogen and oxygen atoms in total. The van der Waals surface area contributed by atoms with E-state index in [0.29, 0.717) is 46.1 Å². The maximum atomic E-state index is 14.8. The zero-order chi connectivity index (χ0) is 25.2. The molecule has 3 aromatic carbocycles. The van der Waals surface area contributed by atoms with Crippen molar-refractivity contribution in [2.45, 2.75) is 19.4 Å². The predicted molar refractivity (Wildman–Crippen MR) is 129 cm³/mol. The SMILES string of the molecule is COc1cc(F)ccc1-c1ccc(OCc2ccc3onc(N(CC(=O)O)CC4CC4)c3c2)c(F)c1. The molecule has 0 bridgehead atoms. The van der Waals surface area contributed by atoms with E-state index in [1.54, 1.807) is 23.1 Å². The van der Waals surface area contributed by atoms with Gasteiger partial charge in [0.25, 0.3) is 0 Å². The molecule has 1 N–H and O–H groups in total. The van der Waals surface area contributed by atoms with Crippen molar-refractivity contribution >= 4 is 22.8 Å². The molecular weight excluding hydrogens is 470 g/mol. The van der Waals surface area contributed by atoms with Crippen LogP contribution in [0.15, 0.2) is 59.1 Å². The van der Waals surface area contributed by atoms with Gasteiger partial charge in [0.05, 0.1) is 12.5 Å². The number of methoxy groups -OCH3 is 1. The number of nitrogens with zero attached hydrogens (tertiary/aromatic N) is 2. The molecule has 9 heteroatoms. The second kappa shape index (κ2) is 9.85. The topological polar surface area (TPSA) is 85.0 Å². The minimum atomic E-state index is -0.941. The number of ether oxygens (including phenoxy) is 2. The van der Waals surface area contributed by atoms with Crippen LogP contribution in [0.25, 0.3) is 22.1 Å². The molecule has 1 aliphatic carbocycles. The van der Waals surface area contributed by atoms with E-state index in [0.717, 1.165) is 18.4 Å². The molecule has 1 aliphatic rings. The van der Waals surface area contributed by atoms with Crippen LogP contribution >= 0.6 is 0 Å². The fourth-order valence-corrected chi connectivity index (χ4v) is 4.14. The molecule has 1 fully saturated rings. The van der Waals surface area contributed by atoms with Crippen LogP contribution in [0.2, 0.25) is 0 Å². The van der Waals surface area contributed by atoms with Crippen molar-refractivity contribution in [1.82, 2.24) is 5.16 Å². The van der Waals surface area contributed by atoms with E-state index in [4.69, 9.17) is 14.0 Å². The van der Waals surface area contributed by atoms with E-state index in [-0.39, 0.29) is 18.9 Å². The normalized spacial score (nSPS) is 13.1. The Kier molecular flexibility index (Phi) is 6.45. The number of carbonyl (C=O) groups is 1. The Labute approximate surface area is 205 Å². The van der Waals surface area contributed by atoms with Gasteiger partial charge in [0.1, 0.15) is 24.7 Å². The highest BCUT2D eigenvalue weighted by Crippen LogP contribution is 2.35. The fourth-order valence-electron chi connectivity index (χ4n) is 4.14. The largest absolute Gasteiger partial charge is 0.496 e. The van der Waals surface area contributed by atoms with Crippen LogP contribution < -0.4 is 14.4 Å². The van der Waals surface area contributed by atoms with Gasteiger partial charge in [-0.05, 0) is 66.3 Å². The van der Waals surface area contributed by atoms with Crippen molar-refractivity contribution in [3.8, 4) is 22.6 Å². The summed E-state index contributed by atoms with van der Waals surface area (Å²) in [5.41, 5.74) is 2.37. The van der Waals surface area contributed by atoms with Gasteiger partial charge in [-0.15, -0.1) is 0 Å². The second-order valence-electron chi connectivity index (χ2n) is 8.83. The van der Waals surface area contributed by atoms with E-state index in [9.17, 15) is 18.7 Å². The van der Waals surface area contributed by atoms with Gasteiger partial charge in [0.2, 0.25) is 0 Å². The summed E-state index contributed by atoms with van der Waals surface area (Å²) in [6, 6.07) is 13.9. The fraction of sp³-hybridized carbons (Fsp3) is 0.259. The number of benzene rings is 3. The second-order valence-corrected chi connectivity index (χ2v) is 8.83. The first-order valence-electron chi connectivity index (χ1n) is 11.5. The predicted octanol–water partition coefficient (Wildman–Crippen LogP) is 5.66. The summed E-state index contributed by atoms with van der Waals surface area (Å²) in [5, 5.41) is 14.1. The van der Waals surface area contributed by atoms with Gasteiger partial charge in [-0.1, -0.05) is 17.3 Å². The van der Waals surface area contributed by atoms with Crippen LogP contribution in [0, 0.1) is 17.6 Å². The molecule has 1 heterocycles. The van der Waals surface area contributed by atoms with E-state index >= 15 is 0 Å². The maximum absolute atomic E-state index is 14.8. The third kappa shape index (κ3) is 5.10. The van der Waals surface area contributed by atoms with Crippen molar-refractivity contribution < 1.29 is 32.7 Å². The van der Waals surface area contributed by atoms with Crippen LogP contribution in [0.3, 0.4) is 0 Å². The Morgan fingerprint density at radius 1 is 1.11 bits per heavy atom. The highest BCUT2D eigenvalue weighted by atomic mass is 19.1. The summed E-state index contributed by atoms with van der Waals surface area (Å²) < 4.78 is 44.7. The van der Waals surface area contributed by atoms with E-state index in [1.165, 1.54) is 37.4 Å². The van der Waals surface area contributed by atoms with Gasteiger partial charge >= 0.3 is 5.97 Å². The number of carboxylic acids is 1. The zero-order valence-corrected chi connectivity index (χ0v) is 19.5. The lowest BCUT2D eigenvalue weighted by Gasteiger charge is -2.19. The van der Waals surface area contributed by atoms with Crippen molar-refractivity contribution in [1.29, 1.82) is 0 Å². The highest BCUT2D eigenvalue weighted by molar-refractivity contribution is 5.90. The van der Waals surface area contributed by atoms with Gasteiger partial charge in [-0.2, -0.15) is 0 Å². The molecule has 0 spiro atoms. The summed E-state index contributed by atoms with van der Waals surface area (Å²) in [5.74, 6) is -0.645. The lowest BCUT2D eigenvalue weighted by atomic mass is 10.0. The van der Waals surface area contributed by atoms with Crippen molar-refractivity contribution in [3.05, 3.63) is 71.8 Å². The van der Waals surface area contributed by atoms with Gasteiger partial charge in [0.15, 0.2) is 23.0 Å². The summed E-state index contributed by atoms with van der Waals surface area (Å²) in [4.78, 5) is 13.1. The molecule has 186 valence electrons.